The Balaban J connectivity index is 1.91. The molecule has 0 spiro atoms. The summed E-state index contributed by atoms with van der Waals surface area (Å²) in [5.41, 5.74) is 0.535. The van der Waals surface area contributed by atoms with Gasteiger partial charge < -0.3 is 14.8 Å². The van der Waals surface area contributed by atoms with Crippen LogP contribution in [0.1, 0.15) is 18.4 Å². The first-order valence-electron chi connectivity index (χ1n) is 6.55. The maximum atomic E-state index is 12.3. The standard InChI is InChI=1S/C14H17F2NO3/c15-14(16)20-12-4-2-1-3-11(12)9-17-13(18)10-5-7-19-8-6-10/h1-4,10,14H,5-9H2,(H,17,18). The Labute approximate surface area is 116 Å². The minimum atomic E-state index is -2.87. The molecule has 6 heteroatoms. The molecule has 1 aromatic carbocycles. The molecule has 1 aliphatic rings. The molecule has 1 saturated heterocycles. The molecular formula is C14H17F2NO3. The first kappa shape index (κ1) is 14.7. The molecule has 20 heavy (non-hydrogen) atoms. The van der Waals surface area contributed by atoms with Crippen LogP contribution in [0.25, 0.3) is 0 Å². The van der Waals surface area contributed by atoms with E-state index < -0.39 is 6.61 Å². The molecule has 0 saturated carbocycles. The number of rotatable bonds is 5. The largest absolute Gasteiger partial charge is 0.434 e. The zero-order valence-electron chi connectivity index (χ0n) is 11.0. The summed E-state index contributed by atoms with van der Waals surface area (Å²) in [5, 5.41) is 2.76. The second kappa shape index (κ2) is 7.19. The predicted octanol–water partition coefficient (Wildman–Crippen LogP) is 2.33. The smallest absolute Gasteiger partial charge is 0.387 e. The number of hydrogen-bond acceptors (Lipinski definition) is 3. The lowest BCUT2D eigenvalue weighted by atomic mass is 9.99. The van der Waals surface area contributed by atoms with Crippen LogP contribution in [-0.2, 0) is 16.1 Å². The molecule has 1 amide bonds. The van der Waals surface area contributed by atoms with E-state index in [1.54, 1.807) is 18.2 Å². The van der Waals surface area contributed by atoms with E-state index >= 15 is 0 Å². The molecule has 1 N–H and O–H groups in total. The van der Waals surface area contributed by atoms with Crippen LogP contribution in [0.2, 0.25) is 0 Å². The van der Waals surface area contributed by atoms with E-state index in [1.807, 2.05) is 0 Å². The highest BCUT2D eigenvalue weighted by Crippen LogP contribution is 2.20. The topological polar surface area (TPSA) is 47.6 Å². The van der Waals surface area contributed by atoms with Gasteiger partial charge in [-0.15, -0.1) is 0 Å². The maximum Gasteiger partial charge on any atom is 0.387 e. The Kier molecular flexibility index (Phi) is 5.29. The number of carbonyl (C=O) groups excluding carboxylic acids is 1. The second-order valence-corrected chi connectivity index (χ2v) is 4.59. The van der Waals surface area contributed by atoms with E-state index in [9.17, 15) is 13.6 Å². The summed E-state index contributed by atoms with van der Waals surface area (Å²) in [6.45, 7) is -1.52. The number of ether oxygens (including phenoxy) is 2. The van der Waals surface area contributed by atoms with Crippen LogP contribution in [0.3, 0.4) is 0 Å². The van der Waals surface area contributed by atoms with Gasteiger partial charge in [0.1, 0.15) is 5.75 Å². The van der Waals surface area contributed by atoms with Gasteiger partial charge in [0.2, 0.25) is 5.91 Å². The molecule has 0 radical (unpaired) electrons. The summed E-state index contributed by atoms with van der Waals surface area (Å²) in [6, 6.07) is 6.44. The first-order chi connectivity index (χ1) is 9.66. The fourth-order valence-corrected chi connectivity index (χ4v) is 2.15. The lowest BCUT2D eigenvalue weighted by Gasteiger charge is -2.21. The van der Waals surface area contributed by atoms with Crippen LogP contribution in [-0.4, -0.2) is 25.7 Å². The SMILES string of the molecule is O=C(NCc1ccccc1OC(F)F)C1CCOCC1. The molecule has 0 aromatic heterocycles. The van der Waals surface area contributed by atoms with Crippen molar-refractivity contribution in [2.24, 2.45) is 5.92 Å². The van der Waals surface area contributed by atoms with E-state index in [4.69, 9.17) is 4.74 Å². The van der Waals surface area contributed by atoms with Crippen LogP contribution in [0.4, 0.5) is 8.78 Å². The first-order valence-corrected chi connectivity index (χ1v) is 6.55. The quantitative estimate of drug-likeness (QED) is 0.903. The average molecular weight is 285 g/mol. The number of halogens is 2. The van der Waals surface area contributed by atoms with Crippen LogP contribution < -0.4 is 10.1 Å². The summed E-state index contributed by atoms with van der Waals surface area (Å²) in [6.07, 6.45) is 1.39. The third-order valence-electron chi connectivity index (χ3n) is 3.23. The number of nitrogens with one attached hydrogen (secondary N) is 1. The lowest BCUT2D eigenvalue weighted by Crippen LogP contribution is -2.34. The summed E-state index contributed by atoms with van der Waals surface area (Å²) in [7, 11) is 0. The van der Waals surface area contributed by atoms with Crippen LogP contribution in [0, 0.1) is 5.92 Å². The van der Waals surface area contributed by atoms with Crippen molar-refractivity contribution in [3.8, 4) is 5.75 Å². The van der Waals surface area contributed by atoms with E-state index in [1.165, 1.54) is 6.07 Å². The van der Waals surface area contributed by atoms with Crippen molar-refractivity contribution in [2.45, 2.75) is 26.0 Å². The zero-order chi connectivity index (χ0) is 14.4. The lowest BCUT2D eigenvalue weighted by molar-refractivity contribution is -0.128. The molecule has 1 heterocycles. The summed E-state index contributed by atoms with van der Waals surface area (Å²) >= 11 is 0. The van der Waals surface area contributed by atoms with Gasteiger partial charge >= 0.3 is 6.61 Å². The minimum Gasteiger partial charge on any atom is -0.434 e. The zero-order valence-corrected chi connectivity index (χ0v) is 11.0. The van der Waals surface area contributed by atoms with Crippen LogP contribution in [0.15, 0.2) is 24.3 Å². The van der Waals surface area contributed by atoms with Crippen molar-refractivity contribution in [3.63, 3.8) is 0 Å². The molecule has 4 nitrogen and oxygen atoms in total. The van der Waals surface area contributed by atoms with Gasteiger partial charge in [0.05, 0.1) is 0 Å². The number of alkyl halides is 2. The molecule has 0 bridgehead atoms. The van der Waals surface area contributed by atoms with Gasteiger partial charge in [0, 0.05) is 31.2 Å². The fraction of sp³-hybridized carbons (Fsp3) is 0.500. The van der Waals surface area contributed by atoms with Crippen molar-refractivity contribution in [3.05, 3.63) is 29.8 Å². The van der Waals surface area contributed by atoms with Crippen molar-refractivity contribution < 1.29 is 23.0 Å². The van der Waals surface area contributed by atoms with Gasteiger partial charge in [0.15, 0.2) is 0 Å². The molecular weight excluding hydrogens is 268 g/mol. The van der Waals surface area contributed by atoms with E-state index in [0.29, 0.717) is 31.6 Å². The minimum absolute atomic E-state index is 0.0630. The van der Waals surface area contributed by atoms with Gasteiger partial charge in [-0.3, -0.25) is 4.79 Å². The fourth-order valence-electron chi connectivity index (χ4n) is 2.15. The average Bonchev–Trinajstić information content (AvgIpc) is 2.46. The van der Waals surface area contributed by atoms with Crippen LogP contribution in [0.5, 0.6) is 5.75 Å². The second-order valence-electron chi connectivity index (χ2n) is 4.59. The Morgan fingerprint density at radius 1 is 1.35 bits per heavy atom. The van der Waals surface area contributed by atoms with Crippen molar-refractivity contribution in [1.29, 1.82) is 0 Å². The highest BCUT2D eigenvalue weighted by Gasteiger charge is 2.21. The van der Waals surface area contributed by atoms with Gasteiger partial charge in [0.25, 0.3) is 0 Å². The number of carbonyl (C=O) groups is 1. The normalized spacial score (nSPS) is 16.1. The molecule has 1 aliphatic heterocycles. The third-order valence-corrected chi connectivity index (χ3v) is 3.23. The van der Waals surface area contributed by atoms with Gasteiger partial charge in [-0.25, -0.2) is 0 Å². The molecule has 0 unspecified atom stereocenters. The maximum absolute atomic E-state index is 12.3. The number of benzene rings is 1. The van der Waals surface area contributed by atoms with Gasteiger partial charge in [-0.1, -0.05) is 18.2 Å². The Bertz CT molecular complexity index is 448. The van der Waals surface area contributed by atoms with Crippen molar-refractivity contribution in [1.82, 2.24) is 5.32 Å². The Hall–Kier alpha value is -1.69. The number of amides is 1. The molecule has 110 valence electrons. The molecule has 1 fully saturated rings. The summed E-state index contributed by atoms with van der Waals surface area (Å²) in [5.74, 6) is -0.0399. The van der Waals surface area contributed by atoms with E-state index in [-0.39, 0.29) is 24.1 Å². The van der Waals surface area contributed by atoms with Gasteiger partial charge in [-0.2, -0.15) is 8.78 Å². The highest BCUT2D eigenvalue weighted by atomic mass is 19.3. The molecule has 2 rings (SSSR count). The number of para-hydroxylation sites is 1. The predicted molar refractivity (Wildman–Crippen MR) is 68.5 cm³/mol. The summed E-state index contributed by atoms with van der Waals surface area (Å²) < 4.78 is 34.1. The monoisotopic (exact) mass is 285 g/mol. The third kappa shape index (κ3) is 4.16. The van der Waals surface area contributed by atoms with E-state index in [2.05, 4.69) is 10.1 Å². The van der Waals surface area contributed by atoms with E-state index in [0.717, 1.165) is 0 Å². The molecule has 0 aliphatic carbocycles. The van der Waals surface area contributed by atoms with Crippen molar-refractivity contribution in [2.75, 3.05) is 13.2 Å². The number of hydrogen-bond donors (Lipinski definition) is 1. The summed E-state index contributed by atoms with van der Waals surface area (Å²) in [4.78, 5) is 11.9. The van der Waals surface area contributed by atoms with Gasteiger partial charge in [-0.05, 0) is 18.9 Å². The molecule has 1 aromatic rings. The van der Waals surface area contributed by atoms with Crippen LogP contribution >= 0.6 is 0 Å². The Morgan fingerprint density at radius 3 is 2.75 bits per heavy atom. The molecule has 0 atom stereocenters. The Morgan fingerprint density at radius 2 is 2.05 bits per heavy atom. The van der Waals surface area contributed by atoms with Crippen molar-refractivity contribution >= 4 is 5.91 Å². The highest BCUT2D eigenvalue weighted by molar-refractivity contribution is 5.78.